The Bertz CT molecular complexity index is 887. The van der Waals surface area contributed by atoms with Gasteiger partial charge in [0.1, 0.15) is 23.0 Å². The summed E-state index contributed by atoms with van der Waals surface area (Å²) in [4.78, 5) is 11.2. The van der Waals surface area contributed by atoms with Gasteiger partial charge in [-0.3, -0.25) is 4.79 Å². The van der Waals surface area contributed by atoms with Crippen molar-refractivity contribution in [1.29, 1.82) is 0 Å². The maximum Gasteiger partial charge on any atom is 0.262 e. The van der Waals surface area contributed by atoms with Crippen LogP contribution in [0.15, 0.2) is 47.4 Å². The van der Waals surface area contributed by atoms with Gasteiger partial charge in [0.15, 0.2) is 6.61 Å². The van der Waals surface area contributed by atoms with E-state index in [1.165, 1.54) is 12.1 Å². The molecule has 7 nitrogen and oxygen atoms in total. The van der Waals surface area contributed by atoms with Crippen LogP contribution >= 0.6 is 11.6 Å². The Balaban J connectivity index is 1.67. The summed E-state index contributed by atoms with van der Waals surface area (Å²) in [5.74, 6) is 0.581. The molecule has 2 N–H and O–H groups in total. The lowest BCUT2D eigenvalue weighted by atomic mass is 10.2. The van der Waals surface area contributed by atoms with E-state index >= 15 is 0 Å². The Morgan fingerprint density at radius 2 is 2.00 bits per heavy atom. The van der Waals surface area contributed by atoms with E-state index in [1.807, 2.05) is 18.2 Å². The van der Waals surface area contributed by atoms with E-state index < -0.39 is 10.0 Å². The number of carbonyl (C=O) groups excluding carboxylic acids is 1. The highest BCUT2D eigenvalue weighted by Gasteiger charge is 2.24. The number of anilines is 1. The summed E-state index contributed by atoms with van der Waals surface area (Å²) in [5.41, 5.74) is 0.340. The monoisotopic (exact) mass is 382 g/mol. The van der Waals surface area contributed by atoms with Crippen molar-refractivity contribution in [3.63, 3.8) is 0 Å². The molecule has 0 unspecified atom stereocenters. The van der Waals surface area contributed by atoms with Crippen LogP contribution in [0.5, 0.6) is 11.5 Å². The number of amides is 1. The highest BCUT2D eigenvalue weighted by Crippen LogP contribution is 2.35. The number of hydrogen-bond donors (Lipinski definition) is 2. The Labute approximate surface area is 149 Å². The third-order valence-electron chi connectivity index (χ3n) is 3.36. The minimum absolute atomic E-state index is 0.0129. The average molecular weight is 383 g/mol. The Kier molecular flexibility index (Phi) is 5.12. The van der Waals surface area contributed by atoms with Gasteiger partial charge in [0.05, 0.1) is 10.7 Å². The molecule has 1 aliphatic rings. The first-order valence-corrected chi connectivity index (χ1v) is 9.25. The normalized spacial score (nSPS) is 13.6. The average Bonchev–Trinajstić information content (AvgIpc) is 2.59. The molecule has 0 bridgehead atoms. The van der Waals surface area contributed by atoms with Crippen LogP contribution in [-0.2, 0) is 14.8 Å². The van der Waals surface area contributed by atoms with Gasteiger partial charge in [0, 0.05) is 12.6 Å². The fourth-order valence-corrected chi connectivity index (χ4v) is 3.78. The topological polar surface area (TPSA) is 93.7 Å². The highest BCUT2D eigenvalue weighted by atomic mass is 35.5. The Morgan fingerprint density at radius 1 is 1.24 bits per heavy atom. The second-order valence-electron chi connectivity index (χ2n) is 5.17. The van der Waals surface area contributed by atoms with E-state index in [9.17, 15) is 13.2 Å². The van der Waals surface area contributed by atoms with Gasteiger partial charge < -0.3 is 14.8 Å². The zero-order valence-corrected chi connectivity index (χ0v) is 14.6. The molecule has 25 heavy (non-hydrogen) atoms. The number of halogens is 1. The molecule has 1 amide bonds. The number of hydrogen-bond acceptors (Lipinski definition) is 5. The van der Waals surface area contributed by atoms with Gasteiger partial charge in [-0.15, -0.1) is 0 Å². The second kappa shape index (κ2) is 7.30. The van der Waals surface area contributed by atoms with Crippen LogP contribution in [0.2, 0.25) is 5.02 Å². The van der Waals surface area contributed by atoms with Crippen LogP contribution in [0.1, 0.15) is 0 Å². The van der Waals surface area contributed by atoms with Gasteiger partial charge in [-0.2, -0.15) is 0 Å². The summed E-state index contributed by atoms with van der Waals surface area (Å²) < 4.78 is 37.9. The molecule has 0 atom stereocenters. The number of benzene rings is 2. The molecular weight excluding hydrogens is 368 g/mol. The number of carbonyl (C=O) groups is 1. The van der Waals surface area contributed by atoms with Crippen molar-refractivity contribution in [3.05, 3.63) is 47.5 Å². The Morgan fingerprint density at radius 3 is 2.76 bits per heavy atom. The van der Waals surface area contributed by atoms with Gasteiger partial charge in [-0.25, -0.2) is 13.1 Å². The first-order chi connectivity index (χ1) is 12.0. The number of fused-ring (bicyclic) bond motifs is 1. The minimum atomic E-state index is -3.85. The number of sulfonamides is 1. The van der Waals surface area contributed by atoms with E-state index in [0.29, 0.717) is 11.4 Å². The number of rotatable bonds is 6. The standard InChI is InChI=1S/C16H15ClN2O5S/c17-12-8-13-14(24-10-16(20)19-13)9-15(12)25(21,22)18-6-7-23-11-4-2-1-3-5-11/h1-5,8-9,18H,6-7,10H2,(H,19,20). The van der Waals surface area contributed by atoms with E-state index in [0.717, 1.165) is 0 Å². The van der Waals surface area contributed by atoms with Crippen molar-refractivity contribution in [1.82, 2.24) is 4.72 Å². The minimum Gasteiger partial charge on any atom is -0.492 e. The first kappa shape index (κ1) is 17.5. The third kappa shape index (κ3) is 4.22. The van der Waals surface area contributed by atoms with Crippen LogP contribution in [-0.4, -0.2) is 34.1 Å². The highest BCUT2D eigenvalue weighted by molar-refractivity contribution is 7.89. The van der Waals surface area contributed by atoms with E-state index in [1.54, 1.807) is 12.1 Å². The smallest absolute Gasteiger partial charge is 0.262 e. The molecule has 0 fully saturated rings. The lowest BCUT2D eigenvalue weighted by Gasteiger charge is -2.19. The molecule has 0 spiro atoms. The molecule has 1 aliphatic heterocycles. The van der Waals surface area contributed by atoms with Crippen molar-refractivity contribution in [3.8, 4) is 11.5 Å². The molecule has 0 aliphatic carbocycles. The van der Waals surface area contributed by atoms with Gasteiger partial charge in [-0.05, 0) is 18.2 Å². The van der Waals surface area contributed by atoms with Crippen LogP contribution < -0.4 is 19.5 Å². The molecule has 0 saturated carbocycles. The predicted octanol–water partition coefficient (Wildman–Crippen LogP) is 2.03. The van der Waals surface area contributed by atoms with Gasteiger partial charge in [0.25, 0.3) is 5.91 Å². The predicted molar refractivity (Wildman–Crippen MR) is 92.7 cm³/mol. The number of nitrogens with one attached hydrogen (secondary N) is 2. The third-order valence-corrected chi connectivity index (χ3v) is 5.29. The Hall–Kier alpha value is -2.29. The molecule has 2 aromatic rings. The van der Waals surface area contributed by atoms with Gasteiger partial charge in [-0.1, -0.05) is 29.8 Å². The lowest BCUT2D eigenvalue weighted by molar-refractivity contribution is -0.118. The number of para-hydroxylation sites is 1. The van der Waals surface area contributed by atoms with E-state index in [-0.39, 0.29) is 41.3 Å². The number of ether oxygens (including phenoxy) is 2. The van der Waals surface area contributed by atoms with E-state index in [4.69, 9.17) is 21.1 Å². The summed E-state index contributed by atoms with van der Waals surface area (Å²) in [7, 11) is -3.85. The zero-order chi connectivity index (χ0) is 17.9. The maximum atomic E-state index is 12.4. The largest absolute Gasteiger partial charge is 0.492 e. The summed E-state index contributed by atoms with van der Waals surface area (Å²) in [6.07, 6.45) is 0. The fraction of sp³-hybridized carbons (Fsp3) is 0.188. The summed E-state index contributed by atoms with van der Waals surface area (Å²) in [6.45, 7) is 0.0626. The van der Waals surface area contributed by atoms with E-state index in [2.05, 4.69) is 10.0 Å². The molecule has 3 rings (SSSR count). The van der Waals surface area contributed by atoms with Crippen molar-refractivity contribution < 1.29 is 22.7 Å². The van der Waals surface area contributed by atoms with Crippen molar-refractivity contribution >= 4 is 33.2 Å². The molecule has 9 heteroatoms. The summed E-state index contributed by atoms with van der Waals surface area (Å²) >= 11 is 6.04. The van der Waals surface area contributed by atoms with Crippen molar-refractivity contribution in [2.45, 2.75) is 4.90 Å². The molecule has 0 radical (unpaired) electrons. The quantitative estimate of drug-likeness (QED) is 0.745. The molecule has 0 saturated heterocycles. The molecular formula is C16H15ClN2O5S. The van der Waals surface area contributed by atoms with Crippen LogP contribution in [0.25, 0.3) is 0 Å². The second-order valence-corrected chi connectivity index (χ2v) is 7.32. The van der Waals surface area contributed by atoms with Crippen LogP contribution in [0.3, 0.4) is 0 Å². The van der Waals surface area contributed by atoms with Crippen LogP contribution in [0, 0.1) is 0 Å². The fourth-order valence-electron chi connectivity index (χ4n) is 2.23. The van der Waals surface area contributed by atoms with Crippen molar-refractivity contribution in [2.24, 2.45) is 0 Å². The molecule has 2 aromatic carbocycles. The first-order valence-electron chi connectivity index (χ1n) is 7.39. The van der Waals surface area contributed by atoms with Crippen LogP contribution in [0.4, 0.5) is 5.69 Å². The van der Waals surface area contributed by atoms with Gasteiger partial charge >= 0.3 is 0 Å². The lowest BCUT2D eigenvalue weighted by Crippen LogP contribution is -2.29. The maximum absolute atomic E-state index is 12.4. The van der Waals surface area contributed by atoms with Crippen molar-refractivity contribution in [2.75, 3.05) is 25.1 Å². The SMILES string of the molecule is O=C1COc2cc(S(=O)(=O)NCCOc3ccccc3)c(Cl)cc2N1. The molecule has 132 valence electrons. The summed E-state index contributed by atoms with van der Waals surface area (Å²) in [5, 5.41) is 2.55. The molecule has 1 heterocycles. The molecule has 0 aromatic heterocycles. The zero-order valence-electron chi connectivity index (χ0n) is 13.0. The van der Waals surface area contributed by atoms with Gasteiger partial charge in [0.2, 0.25) is 10.0 Å². The summed E-state index contributed by atoms with van der Waals surface area (Å²) in [6, 6.07) is 11.7.